The minimum atomic E-state index is 0.146. The van der Waals surface area contributed by atoms with Crippen molar-refractivity contribution < 1.29 is 4.79 Å². The summed E-state index contributed by atoms with van der Waals surface area (Å²) >= 11 is 3.34. The summed E-state index contributed by atoms with van der Waals surface area (Å²) in [7, 11) is 0. The summed E-state index contributed by atoms with van der Waals surface area (Å²) in [6.07, 6.45) is 5.50. The van der Waals surface area contributed by atoms with E-state index in [1.807, 2.05) is 24.3 Å². The zero-order valence-corrected chi connectivity index (χ0v) is 9.88. The van der Waals surface area contributed by atoms with Gasteiger partial charge in [0.2, 0.25) is 0 Å². The van der Waals surface area contributed by atoms with Gasteiger partial charge in [-0.1, -0.05) is 34.0 Å². The first-order valence-corrected chi connectivity index (χ1v) is 5.42. The van der Waals surface area contributed by atoms with Crippen molar-refractivity contribution in [3.63, 3.8) is 0 Å². The van der Waals surface area contributed by atoms with Crippen LogP contribution in [0.4, 0.5) is 0 Å². The smallest absolute Gasteiger partial charge is 0.150 e. The van der Waals surface area contributed by atoms with Gasteiger partial charge in [0.15, 0.2) is 5.78 Å². The molecule has 0 fully saturated rings. The van der Waals surface area contributed by atoms with Crippen LogP contribution >= 0.6 is 15.9 Å². The highest BCUT2D eigenvalue weighted by atomic mass is 79.9. The Morgan fingerprint density at radius 1 is 1.40 bits per heavy atom. The molecule has 3 heteroatoms. The molecule has 1 rings (SSSR count). The second-order valence-corrected chi connectivity index (χ2v) is 4.07. The van der Waals surface area contributed by atoms with Gasteiger partial charge in [-0.25, -0.2) is 0 Å². The molecular formula is C12H12BrNO. The zero-order chi connectivity index (χ0) is 11.1. The van der Waals surface area contributed by atoms with E-state index >= 15 is 0 Å². The molecule has 2 nitrogen and oxygen atoms in total. The van der Waals surface area contributed by atoms with Crippen LogP contribution < -0.4 is 5.32 Å². The molecule has 0 radical (unpaired) electrons. The van der Waals surface area contributed by atoms with Crippen molar-refractivity contribution in [2.24, 2.45) is 0 Å². The van der Waals surface area contributed by atoms with E-state index in [1.165, 1.54) is 0 Å². The number of nitrogens with one attached hydrogen (secondary N) is 1. The first kappa shape index (κ1) is 12.0. The third kappa shape index (κ3) is 4.78. The maximum Gasteiger partial charge on any atom is 0.150 e. The minimum Gasteiger partial charge on any atom is -0.299 e. The summed E-state index contributed by atoms with van der Waals surface area (Å²) in [5, 5.41) is 2.87. The molecule has 0 saturated heterocycles. The van der Waals surface area contributed by atoms with Crippen LogP contribution in [0.25, 0.3) is 0 Å². The summed E-state index contributed by atoms with van der Waals surface area (Å²) in [6.45, 7) is 0.770. The van der Waals surface area contributed by atoms with Gasteiger partial charge in [0, 0.05) is 10.9 Å². The molecule has 0 aliphatic rings. The van der Waals surface area contributed by atoms with Crippen molar-refractivity contribution in [1.29, 1.82) is 0 Å². The number of hydrogen-bond acceptors (Lipinski definition) is 2. The summed E-state index contributed by atoms with van der Waals surface area (Å²) in [5.41, 5.74) is 1.02. The lowest BCUT2D eigenvalue weighted by atomic mass is 10.1. The van der Waals surface area contributed by atoms with E-state index in [0.29, 0.717) is 19.5 Å². The van der Waals surface area contributed by atoms with E-state index < -0.39 is 0 Å². The number of carbonyl (C=O) groups is 1. The van der Waals surface area contributed by atoms with E-state index in [-0.39, 0.29) is 5.78 Å². The molecule has 0 aliphatic carbocycles. The first-order chi connectivity index (χ1) is 7.22. The van der Waals surface area contributed by atoms with Crippen LogP contribution in [-0.4, -0.2) is 18.9 Å². The number of Topliss-reactive ketones (excluding diaryl/α,β-unsaturated/α-hetero) is 1. The van der Waals surface area contributed by atoms with Crippen LogP contribution in [0.2, 0.25) is 0 Å². The molecule has 0 atom stereocenters. The lowest BCUT2D eigenvalue weighted by Gasteiger charge is -2.01. The fourth-order valence-corrected chi connectivity index (χ4v) is 1.43. The van der Waals surface area contributed by atoms with Crippen molar-refractivity contribution in [2.45, 2.75) is 6.42 Å². The Kier molecular flexibility index (Phi) is 5.09. The normalized spacial score (nSPS) is 9.60. The molecule has 15 heavy (non-hydrogen) atoms. The Bertz CT molecular complexity index is 364. The number of halogens is 1. The zero-order valence-electron chi connectivity index (χ0n) is 8.29. The van der Waals surface area contributed by atoms with Gasteiger partial charge in [-0.15, -0.1) is 6.42 Å². The molecule has 1 N–H and O–H groups in total. The predicted molar refractivity (Wildman–Crippen MR) is 64.6 cm³/mol. The average Bonchev–Trinajstić information content (AvgIpc) is 2.22. The fraction of sp³-hybridized carbons (Fsp3) is 0.250. The Labute approximate surface area is 98.2 Å². The molecule has 0 spiro atoms. The molecule has 0 amide bonds. The summed E-state index contributed by atoms with van der Waals surface area (Å²) in [4.78, 5) is 11.4. The number of benzene rings is 1. The van der Waals surface area contributed by atoms with Gasteiger partial charge >= 0.3 is 0 Å². The van der Waals surface area contributed by atoms with E-state index in [4.69, 9.17) is 6.42 Å². The van der Waals surface area contributed by atoms with Gasteiger partial charge in [0.25, 0.3) is 0 Å². The average molecular weight is 266 g/mol. The quantitative estimate of drug-likeness (QED) is 0.650. The maximum atomic E-state index is 11.4. The SMILES string of the molecule is C#CCNCC(=O)Cc1ccc(Br)cc1. The molecule has 1 aromatic rings. The number of ketones is 1. The van der Waals surface area contributed by atoms with E-state index in [9.17, 15) is 4.79 Å². The molecule has 0 aromatic heterocycles. The third-order valence-corrected chi connectivity index (χ3v) is 2.39. The maximum absolute atomic E-state index is 11.4. The largest absolute Gasteiger partial charge is 0.299 e. The van der Waals surface area contributed by atoms with Crippen molar-refractivity contribution >= 4 is 21.7 Å². The van der Waals surface area contributed by atoms with Crippen molar-refractivity contribution in [1.82, 2.24) is 5.32 Å². The van der Waals surface area contributed by atoms with Crippen molar-refractivity contribution in [3.8, 4) is 12.3 Å². The van der Waals surface area contributed by atoms with Crippen molar-refractivity contribution in [3.05, 3.63) is 34.3 Å². The standard InChI is InChI=1S/C12H12BrNO/c1-2-7-14-9-12(15)8-10-3-5-11(13)6-4-10/h1,3-6,14H,7-9H2. The van der Waals surface area contributed by atoms with Crippen LogP contribution in [0, 0.1) is 12.3 Å². The monoisotopic (exact) mass is 265 g/mol. The highest BCUT2D eigenvalue weighted by molar-refractivity contribution is 9.10. The topological polar surface area (TPSA) is 29.1 Å². The third-order valence-electron chi connectivity index (χ3n) is 1.86. The number of hydrogen-bond donors (Lipinski definition) is 1. The Morgan fingerprint density at radius 3 is 2.67 bits per heavy atom. The van der Waals surface area contributed by atoms with E-state index in [1.54, 1.807) is 0 Å². The predicted octanol–water partition coefficient (Wildman–Crippen LogP) is 1.78. The summed E-state index contributed by atoms with van der Waals surface area (Å²) < 4.78 is 1.02. The van der Waals surface area contributed by atoms with Gasteiger partial charge in [0.1, 0.15) is 0 Å². The Balaban J connectivity index is 2.38. The Morgan fingerprint density at radius 2 is 2.07 bits per heavy atom. The van der Waals surface area contributed by atoms with Crippen LogP contribution in [-0.2, 0) is 11.2 Å². The lowest BCUT2D eigenvalue weighted by Crippen LogP contribution is -2.24. The Hall–Kier alpha value is -1.11. The number of carbonyl (C=O) groups excluding carboxylic acids is 1. The lowest BCUT2D eigenvalue weighted by molar-refractivity contribution is -0.117. The molecular weight excluding hydrogens is 254 g/mol. The molecule has 78 valence electrons. The second kappa shape index (κ2) is 6.39. The van der Waals surface area contributed by atoms with Crippen LogP contribution in [0.1, 0.15) is 5.56 Å². The number of rotatable bonds is 5. The molecule has 0 bridgehead atoms. The number of terminal acetylenes is 1. The van der Waals surface area contributed by atoms with Crippen molar-refractivity contribution in [2.75, 3.05) is 13.1 Å². The van der Waals surface area contributed by atoms with Gasteiger partial charge in [0.05, 0.1) is 13.1 Å². The van der Waals surface area contributed by atoms with Crippen LogP contribution in [0.5, 0.6) is 0 Å². The summed E-state index contributed by atoms with van der Waals surface area (Å²) in [5.74, 6) is 2.57. The second-order valence-electron chi connectivity index (χ2n) is 3.15. The highest BCUT2D eigenvalue weighted by Crippen LogP contribution is 2.10. The molecule has 0 heterocycles. The van der Waals surface area contributed by atoms with Gasteiger partial charge < -0.3 is 0 Å². The fourth-order valence-electron chi connectivity index (χ4n) is 1.17. The minimum absolute atomic E-state index is 0.146. The van der Waals surface area contributed by atoms with Crippen LogP contribution in [0.3, 0.4) is 0 Å². The van der Waals surface area contributed by atoms with Gasteiger partial charge in [-0.3, -0.25) is 10.1 Å². The molecule has 0 unspecified atom stereocenters. The van der Waals surface area contributed by atoms with Gasteiger partial charge in [-0.2, -0.15) is 0 Å². The van der Waals surface area contributed by atoms with E-state index in [0.717, 1.165) is 10.0 Å². The van der Waals surface area contributed by atoms with Crippen LogP contribution in [0.15, 0.2) is 28.7 Å². The first-order valence-electron chi connectivity index (χ1n) is 4.62. The molecule has 0 saturated carbocycles. The highest BCUT2D eigenvalue weighted by Gasteiger charge is 2.02. The van der Waals surface area contributed by atoms with Gasteiger partial charge in [-0.05, 0) is 17.7 Å². The summed E-state index contributed by atoms with van der Waals surface area (Å²) in [6, 6.07) is 7.72. The molecule has 1 aromatic carbocycles. The molecule has 0 aliphatic heterocycles. The van der Waals surface area contributed by atoms with E-state index in [2.05, 4.69) is 27.2 Å².